The molecule has 0 atom stereocenters. The number of carbonyl (C=O) groups excluding carboxylic acids is 1. The van der Waals surface area contributed by atoms with Crippen LogP contribution >= 0.6 is 11.6 Å². The fourth-order valence-electron chi connectivity index (χ4n) is 3.33. The second kappa shape index (κ2) is 11.3. The molecule has 158 valence electrons. The molecule has 2 aromatic carbocycles. The van der Waals surface area contributed by atoms with E-state index in [-0.39, 0.29) is 18.3 Å². The van der Waals surface area contributed by atoms with Crippen molar-refractivity contribution >= 4 is 17.5 Å². The molecular formula is C23H30ClFN2O2. The van der Waals surface area contributed by atoms with Gasteiger partial charge in [0.25, 0.3) is 0 Å². The van der Waals surface area contributed by atoms with Gasteiger partial charge in [-0.15, -0.1) is 0 Å². The van der Waals surface area contributed by atoms with E-state index < -0.39 is 0 Å². The predicted molar refractivity (Wildman–Crippen MR) is 115 cm³/mol. The molecule has 0 spiro atoms. The first-order chi connectivity index (χ1) is 13.8. The minimum Gasteiger partial charge on any atom is -0.306 e. The van der Waals surface area contributed by atoms with Crippen molar-refractivity contribution in [1.82, 2.24) is 9.96 Å². The van der Waals surface area contributed by atoms with E-state index in [1.165, 1.54) is 0 Å². The number of rotatable bonds is 10. The van der Waals surface area contributed by atoms with Crippen LogP contribution in [0, 0.1) is 19.7 Å². The van der Waals surface area contributed by atoms with Crippen molar-refractivity contribution in [2.45, 2.75) is 46.1 Å². The molecule has 2 aromatic rings. The van der Waals surface area contributed by atoms with Crippen LogP contribution in [-0.4, -0.2) is 41.2 Å². The SMILES string of the molecule is Cc1cc(CCCN(C)CCCC(=O)N(O)Cc2ccc(Cl)cc2)cc(C)c1F. The lowest BCUT2D eigenvalue weighted by Crippen LogP contribution is -2.28. The third kappa shape index (κ3) is 7.77. The van der Waals surface area contributed by atoms with Crippen molar-refractivity contribution in [2.75, 3.05) is 20.1 Å². The zero-order valence-electron chi connectivity index (χ0n) is 17.4. The molecule has 6 heteroatoms. The summed E-state index contributed by atoms with van der Waals surface area (Å²) in [6, 6.07) is 10.9. The maximum Gasteiger partial charge on any atom is 0.246 e. The minimum absolute atomic E-state index is 0.121. The summed E-state index contributed by atoms with van der Waals surface area (Å²) >= 11 is 5.84. The lowest BCUT2D eigenvalue weighted by Gasteiger charge is -2.18. The molecule has 0 aliphatic rings. The summed E-state index contributed by atoms with van der Waals surface area (Å²) in [5, 5.41) is 11.3. The number of hydrogen-bond acceptors (Lipinski definition) is 3. The van der Waals surface area contributed by atoms with Gasteiger partial charge >= 0.3 is 0 Å². The van der Waals surface area contributed by atoms with Gasteiger partial charge in [0.1, 0.15) is 5.82 Å². The molecular weight excluding hydrogens is 391 g/mol. The number of benzene rings is 2. The third-order valence-corrected chi connectivity index (χ3v) is 5.22. The van der Waals surface area contributed by atoms with E-state index in [2.05, 4.69) is 4.90 Å². The second-order valence-electron chi connectivity index (χ2n) is 7.63. The Balaban J connectivity index is 1.65. The van der Waals surface area contributed by atoms with Gasteiger partial charge in [0.2, 0.25) is 5.91 Å². The molecule has 0 aliphatic carbocycles. The van der Waals surface area contributed by atoms with Crippen LogP contribution in [0.3, 0.4) is 0 Å². The van der Waals surface area contributed by atoms with Crippen LogP contribution in [0.2, 0.25) is 5.02 Å². The normalized spacial score (nSPS) is 11.1. The zero-order chi connectivity index (χ0) is 21.4. The van der Waals surface area contributed by atoms with Gasteiger partial charge in [-0.1, -0.05) is 35.9 Å². The first-order valence-electron chi connectivity index (χ1n) is 9.94. The minimum atomic E-state index is -0.286. The van der Waals surface area contributed by atoms with E-state index in [1.807, 2.05) is 19.2 Å². The van der Waals surface area contributed by atoms with Crippen LogP contribution in [0.5, 0.6) is 0 Å². The summed E-state index contributed by atoms with van der Waals surface area (Å²) < 4.78 is 13.7. The highest BCUT2D eigenvalue weighted by molar-refractivity contribution is 6.30. The van der Waals surface area contributed by atoms with Gasteiger partial charge in [-0.3, -0.25) is 10.0 Å². The molecule has 0 fully saturated rings. The van der Waals surface area contributed by atoms with Crippen LogP contribution < -0.4 is 0 Å². The summed E-state index contributed by atoms with van der Waals surface area (Å²) in [5.41, 5.74) is 3.37. The van der Waals surface area contributed by atoms with Crippen LogP contribution in [-0.2, 0) is 17.8 Å². The predicted octanol–water partition coefficient (Wildman–Crippen LogP) is 5.16. The van der Waals surface area contributed by atoms with E-state index in [1.54, 1.807) is 38.1 Å². The van der Waals surface area contributed by atoms with Gasteiger partial charge in [-0.25, -0.2) is 9.45 Å². The Morgan fingerprint density at radius 1 is 1.03 bits per heavy atom. The topological polar surface area (TPSA) is 43.8 Å². The van der Waals surface area contributed by atoms with Gasteiger partial charge in [-0.05, 0) is 87.6 Å². The van der Waals surface area contributed by atoms with Gasteiger partial charge in [-0.2, -0.15) is 0 Å². The molecule has 1 amide bonds. The molecule has 2 rings (SSSR count). The number of carbonyl (C=O) groups is 1. The van der Waals surface area contributed by atoms with E-state index >= 15 is 0 Å². The molecule has 4 nitrogen and oxygen atoms in total. The molecule has 0 saturated carbocycles. The monoisotopic (exact) mass is 420 g/mol. The Labute approximate surface area is 177 Å². The van der Waals surface area contributed by atoms with Crippen LogP contribution in [0.15, 0.2) is 36.4 Å². The first kappa shape index (κ1) is 23.3. The van der Waals surface area contributed by atoms with E-state index in [0.717, 1.165) is 42.1 Å². The maximum atomic E-state index is 13.7. The Morgan fingerprint density at radius 2 is 1.62 bits per heavy atom. The van der Waals surface area contributed by atoms with Gasteiger partial charge in [0.05, 0.1) is 6.54 Å². The van der Waals surface area contributed by atoms with Crippen LogP contribution in [0.4, 0.5) is 4.39 Å². The largest absolute Gasteiger partial charge is 0.306 e. The molecule has 0 saturated heterocycles. The van der Waals surface area contributed by atoms with Gasteiger partial charge < -0.3 is 4.90 Å². The second-order valence-corrected chi connectivity index (χ2v) is 8.07. The number of nitrogens with zero attached hydrogens (tertiary/aromatic N) is 2. The van der Waals surface area contributed by atoms with Crippen LogP contribution in [0.1, 0.15) is 41.5 Å². The highest BCUT2D eigenvalue weighted by Gasteiger charge is 2.12. The van der Waals surface area contributed by atoms with Crippen LogP contribution in [0.25, 0.3) is 0 Å². The Hall–Kier alpha value is -1.95. The Bertz CT molecular complexity index is 788. The Kier molecular flexibility index (Phi) is 9.08. The standard InChI is InChI=1S/C23H30ClFN2O2/c1-17-14-20(15-18(2)23(17)25)6-4-12-26(3)13-5-7-22(28)27(29)16-19-8-10-21(24)11-9-19/h8-11,14-15,29H,4-7,12-13,16H2,1-3H3. The fraction of sp³-hybridized carbons (Fsp3) is 0.435. The van der Waals surface area contributed by atoms with Crippen molar-refractivity contribution in [3.63, 3.8) is 0 Å². The average Bonchev–Trinajstić information content (AvgIpc) is 2.67. The number of amides is 1. The lowest BCUT2D eigenvalue weighted by molar-refractivity contribution is -0.168. The summed E-state index contributed by atoms with van der Waals surface area (Å²) in [6.07, 6.45) is 2.85. The third-order valence-electron chi connectivity index (χ3n) is 4.97. The molecule has 0 aromatic heterocycles. The lowest BCUT2D eigenvalue weighted by atomic mass is 10.0. The van der Waals surface area contributed by atoms with Crippen molar-refractivity contribution in [3.8, 4) is 0 Å². The molecule has 0 unspecified atom stereocenters. The quantitative estimate of drug-likeness (QED) is 0.426. The smallest absolute Gasteiger partial charge is 0.246 e. The summed E-state index contributed by atoms with van der Waals surface area (Å²) in [4.78, 5) is 14.3. The number of hydrogen-bond donors (Lipinski definition) is 1. The van der Waals surface area contributed by atoms with E-state index in [0.29, 0.717) is 29.0 Å². The summed E-state index contributed by atoms with van der Waals surface area (Å²) in [5.74, 6) is -0.407. The maximum absolute atomic E-state index is 13.7. The summed E-state index contributed by atoms with van der Waals surface area (Å²) in [7, 11) is 2.02. The van der Waals surface area contributed by atoms with Crippen molar-refractivity contribution in [3.05, 3.63) is 69.5 Å². The molecule has 0 radical (unpaired) electrons. The average molecular weight is 421 g/mol. The summed E-state index contributed by atoms with van der Waals surface area (Å²) in [6.45, 7) is 5.43. The number of aryl methyl sites for hydroxylation is 3. The molecule has 0 aliphatic heterocycles. The van der Waals surface area contributed by atoms with Gasteiger partial charge in [0.15, 0.2) is 0 Å². The van der Waals surface area contributed by atoms with Crippen molar-refractivity contribution in [1.29, 1.82) is 0 Å². The zero-order valence-corrected chi connectivity index (χ0v) is 18.2. The number of hydroxylamine groups is 2. The first-order valence-corrected chi connectivity index (χ1v) is 10.3. The number of halogens is 2. The Morgan fingerprint density at radius 3 is 2.24 bits per heavy atom. The fourth-order valence-corrected chi connectivity index (χ4v) is 3.45. The highest BCUT2D eigenvalue weighted by atomic mass is 35.5. The van der Waals surface area contributed by atoms with Crippen molar-refractivity contribution < 1.29 is 14.4 Å². The van der Waals surface area contributed by atoms with E-state index in [9.17, 15) is 14.4 Å². The molecule has 29 heavy (non-hydrogen) atoms. The van der Waals surface area contributed by atoms with Crippen molar-refractivity contribution in [2.24, 2.45) is 0 Å². The molecule has 0 bridgehead atoms. The highest BCUT2D eigenvalue weighted by Crippen LogP contribution is 2.16. The van der Waals surface area contributed by atoms with E-state index in [4.69, 9.17) is 11.6 Å². The molecule has 1 N–H and O–H groups in total. The van der Waals surface area contributed by atoms with Gasteiger partial charge in [0, 0.05) is 11.4 Å². The molecule has 0 heterocycles.